The molecule has 0 fully saturated rings. The van der Waals surface area contributed by atoms with Crippen LogP contribution in [0.15, 0.2) is 77.2 Å². The summed E-state index contributed by atoms with van der Waals surface area (Å²) in [5, 5.41) is 18.7. The molecule has 3 heterocycles. The van der Waals surface area contributed by atoms with Crippen molar-refractivity contribution in [2.75, 3.05) is 6.61 Å². The quantitative estimate of drug-likeness (QED) is 0.123. The van der Waals surface area contributed by atoms with Gasteiger partial charge in [0.25, 0.3) is 0 Å². The fourth-order valence-electron chi connectivity index (χ4n) is 5.04. The van der Waals surface area contributed by atoms with Gasteiger partial charge in [-0.2, -0.15) is 4.39 Å². The first-order chi connectivity index (χ1) is 21.9. The topological polar surface area (TPSA) is 138 Å². The molecule has 0 bridgehead atoms. The molecule has 2 aromatic carbocycles. The molecule has 4 N–H and O–H groups in total. The van der Waals surface area contributed by atoms with E-state index in [0.717, 1.165) is 17.7 Å². The van der Waals surface area contributed by atoms with Gasteiger partial charge in [-0.3, -0.25) is 9.00 Å². The normalized spacial score (nSPS) is 16.4. The maximum Gasteiger partial charge on any atom is 0.303 e. The lowest BCUT2D eigenvalue weighted by molar-refractivity contribution is -0.136. The van der Waals surface area contributed by atoms with Gasteiger partial charge in [-0.1, -0.05) is 24.3 Å². The Labute approximate surface area is 266 Å². The van der Waals surface area contributed by atoms with E-state index < -0.39 is 49.6 Å². The Morgan fingerprint density at radius 1 is 1.24 bits per heavy atom. The van der Waals surface area contributed by atoms with Gasteiger partial charge < -0.3 is 29.7 Å². The first-order valence-corrected chi connectivity index (χ1v) is 15.1. The number of carboxylic acid groups (broad SMARTS) is 1. The summed E-state index contributed by atoms with van der Waals surface area (Å²) >= 11 is 0. The minimum absolute atomic E-state index is 0.0247. The number of hydrogen-bond acceptors (Lipinski definition) is 6. The van der Waals surface area contributed by atoms with E-state index in [-0.39, 0.29) is 40.4 Å². The molecule has 0 amide bonds. The number of nitrogens with one attached hydrogen (secondary N) is 2. The maximum atomic E-state index is 15.3. The van der Waals surface area contributed by atoms with Crippen LogP contribution in [-0.4, -0.2) is 62.4 Å². The molecule has 5 rings (SSSR count). The van der Waals surface area contributed by atoms with Crippen LogP contribution in [0.3, 0.4) is 0 Å². The maximum absolute atomic E-state index is 15.3. The molecular formula is C31H26B2F3N3O6S. The van der Waals surface area contributed by atoms with Gasteiger partial charge >= 0.3 is 5.97 Å². The van der Waals surface area contributed by atoms with E-state index in [2.05, 4.69) is 15.0 Å². The smallest absolute Gasteiger partial charge is 0.303 e. The zero-order valence-electron chi connectivity index (χ0n) is 24.4. The third-order valence-electron chi connectivity index (χ3n) is 7.23. The number of H-pyrrole nitrogens is 2. The number of halogens is 3. The second-order valence-corrected chi connectivity index (χ2v) is 12.0. The van der Waals surface area contributed by atoms with Crippen molar-refractivity contribution >= 4 is 43.4 Å². The summed E-state index contributed by atoms with van der Waals surface area (Å²) in [5.74, 6) is -4.86. The lowest BCUT2D eigenvalue weighted by atomic mass is 9.81. The summed E-state index contributed by atoms with van der Waals surface area (Å²) in [7, 11) is 8.16. The monoisotopic (exact) mass is 647 g/mol. The average Bonchev–Trinajstić information content (AvgIpc) is 3.69. The summed E-state index contributed by atoms with van der Waals surface area (Å²) in [6.45, 7) is 2.26. The van der Waals surface area contributed by atoms with E-state index in [1.165, 1.54) is 18.3 Å². The molecule has 2 atom stereocenters. The zero-order valence-corrected chi connectivity index (χ0v) is 25.2. The standard InChI is InChI=1S/C31H26B2F3N3O6S/c1-16-18(6-4-2-3-5-7-24(40)41)19(11-13-44-16)23-15-38-30(39-23)21-14-17(8-9-22(21)34)45-28-26(36)25(35)27-20(10-12-37-27)29(28)46(43)31(32,33)42/h2-4,6,8-10,12,14-15,19,37,42H,5,7,11,13H2,1H3,(H,38,39)(H,40,41)/b3-2+,6-4-. The molecule has 0 saturated carbocycles. The number of hydrogen-bond donors (Lipinski definition) is 4. The molecule has 0 spiro atoms. The molecule has 234 valence electrons. The van der Waals surface area contributed by atoms with Gasteiger partial charge in [0.2, 0.25) is 5.82 Å². The van der Waals surface area contributed by atoms with Crippen molar-refractivity contribution in [1.82, 2.24) is 15.0 Å². The number of aliphatic hydroxyl groups is 1. The van der Waals surface area contributed by atoms with E-state index >= 15 is 8.78 Å². The number of aromatic amines is 2. The zero-order chi connectivity index (χ0) is 33.2. The van der Waals surface area contributed by atoms with Gasteiger partial charge in [-0.25, -0.2) is 13.8 Å². The van der Waals surface area contributed by atoms with Crippen LogP contribution in [0.2, 0.25) is 0 Å². The van der Waals surface area contributed by atoms with Crippen molar-refractivity contribution < 1.29 is 41.9 Å². The Morgan fingerprint density at radius 3 is 2.76 bits per heavy atom. The largest absolute Gasteiger partial charge is 0.498 e. The summed E-state index contributed by atoms with van der Waals surface area (Å²) in [5.41, 5.74) is 1.10. The number of fused-ring (bicyclic) bond motifs is 1. The fourth-order valence-corrected chi connectivity index (χ4v) is 6.03. The number of carboxylic acids is 1. The fraction of sp³-hybridized carbons (Fsp3) is 0.226. The van der Waals surface area contributed by atoms with Gasteiger partial charge in [0.1, 0.15) is 33.1 Å². The van der Waals surface area contributed by atoms with Crippen LogP contribution < -0.4 is 4.74 Å². The number of carbonyl (C=O) groups is 1. The van der Waals surface area contributed by atoms with Crippen molar-refractivity contribution in [3.8, 4) is 22.9 Å². The highest BCUT2D eigenvalue weighted by Crippen LogP contribution is 2.41. The average molecular weight is 647 g/mol. The summed E-state index contributed by atoms with van der Waals surface area (Å²) < 4.78 is 66.9. The van der Waals surface area contributed by atoms with Gasteiger partial charge in [-0.15, -0.1) is 0 Å². The van der Waals surface area contributed by atoms with Crippen LogP contribution in [0, 0.1) is 17.5 Å². The molecule has 4 aromatic rings. The van der Waals surface area contributed by atoms with Crippen LogP contribution in [0.1, 0.15) is 37.8 Å². The highest BCUT2D eigenvalue weighted by molar-refractivity contribution is 7.89. The number of aliphatic carboxylic acids is 1. The SMILES string of the molecule is [B]C([B])(O)S(=O)c1c(Oc2ccc(F)c(-c3ncc(C4CCOC(C)=C4/C=C\C=C\CCC(=O)O)[nH]3)c2)c(F)c(F)c2[nH]ccc12. The first-order valence-electron chi connectivity index (χ1n) is 14.0. The van der Waals surface area contributed by atoms with E-state index in [9.17, 15) is 18.5 Å². The molecule has 0 aliphatic carbocycles. The van der Waals surface area contributed by atoms with E-state index in [1.54, 1.807) is 24.4 Å². The van der Waals surface area contributed by atoms with Gasteiger partial charge in [0, 0.05) is 35.8 Å². The third-order valence-corrected chi connectivity index (χ3v) is 8.60. The highest BCUT2D eigenvalue weighted by Gasteiger charge is 2.32. The molecule has 0 saturated heterocycles. The molecule has 1 aliphatic rings. The van der Waals surface area contributed by atoms with E-state index in [4.69, 9.17) is 30.3 Å². The summed E-state index contributed by atoms with van der Waals surface area (Å²) in [6.07, 6.45) is 11.0. The van der Waals surface area contributed by atoms with Crippen molar-refractivity contribution in [2.24, 2.45) is 0 Å². The Morgan fingerprint density at radius 2 is 2.02 bits per heavy atom. The van der Waals surface area contributed by atoms with Crippen LogP contribution in [0.5, 0.6) is 11.5 Å². The van der Waals surface area contributed by atoms with Crippen molar-refractivity contribution in [3.63, 3.8) is 0 Å². The van der Waals surface area contributed by atoms with Crippen molar-refractivity contribution in [1.29, 1.82) is 0 Å². The van der Waals surface area contributed by atoms with Crippen LogP contribution in [0.25, 0.3) is 22.3 Å². The van der Waals surface area contributed by atoms with Gasteiger partial charge in [-0.05, 0) is 49.6 Å². The predicted molar refractivity (Wildman–Crippen MR) is 166 cm³/mol. The molecule has 2 aromatic heterocycles. The number of ether oxygens (including phenoxy) is 2. The molecule has 46 heavy (non-hydrogen) atoms. The number of rotatable bonds is 11. The van der Waals surface area contributed by atoms with Crippen molar-refractivity contribution in [2.45, 2.75) is 41.7 Å². The predicted octanol–water partition coefficient (Wildman–Crippen LogP) is 5.57. The molecule has 9 nitrogen and oxygen atoms in total. The number of allylic oxidation sites excluding steroid dienone is 6. The Balaban J connectivity index is 1.46. The van der Waals surface area contributed by atoms with E-state index in [0.29, 0.717) is 30.9 Å². The number of nitrogens with zero attached hydrogens (tertiary/aromatic N) is 1. The van der Waals surface area contributed by atoms with Crippen LogP contribution >= 0.6 is 0 Å². The molecule has 15 heteroatoms. The second kappa shape index (κ2) is 13.5. The van der Waals surface area contributed by atoms with Crippen LogP contribution in [0.4, 0.5) is 13.2 Å². The van der Waals surface area contributed by atoms with E-state index in [1.807, 2.05) is 13.0 Å². The number of imidazole rings is 1. The minimum Gasteiger partial charge on any atom is -0.498 e. The molecule has 2 unspecified atom stereocenters. The highest BCUT2D eigenvalue weighted by atomic mass is 32.2. The van der Waals surface area contributed by atoms with Gasteiger partial charge in [0.15, 0.2) is 11.6 Å². The number of benzene rings is 2. The minimum atomic E-state index is -2.83. The number of aromatic nitrogens is 3. The second-order valence-electron chi connectivity index (χ2n) is 10.4. The molecule has 1 aliphatic heterocycles. The summed E-state index contributed by atoms with van der Waals surface area (Å²) in [4.78, 5) is 20.2. The summed E-state index contributed by atoms with van der Waals surface area (Å²) in [6, 6.07) is 4.69. The lowest BCUT2D eigenvalue weighted by Gasteiger charge is -2.25. The third kappa shape index (κ3) is 6.85. The van der Waals surface area contributed by atoms with Gasteiger partial charge in [0.05, 0.1) is 43.9 Å². The molecule has 4 radical (unpaired) electrons. The first kappa shape index (κ1) is 32.9. The lowest BCUT2D eigenvalue weighted by Crippen LogP contribution is -2.35. The Hall–Kier alpha value is -4.49. The Kier molecular flexibility index (Phi) is 9.63. The Bertz CT molecular complexity index is 1910. The van der Waals surface area contributed by atoms with Crippen LogP contribution in [-0.2, 0) is 20.3 Å². The van der Waals surface area contributed by atoms with Crippen molar-refractivity contribution in [3.05, 3.63) is 95.4 Å². The molecular weight excluding hydrogens is 621 g/mol.